The maximum absolute atomic E-state index is 9.76. The summed E-state index contributed by atoms with van der Waals surface area (Å²) >= 11 is 20.1. The Morgan fingerprint density at radius 2 is 0.933 bits per heavy atom. The van der Waals surface area contributed by atoms with Crippen molar-refractivity contribution in [2.24, 2.45) is 0 Å². The first-order chi connectivity index (χ1) is 5.89. The smallest absolute Gasteiger partial charge is 0.339 e. The molecular weight excluding hydrogens is 302 g/mol. The lowest BCUT2D eigenvalue weighted by atomic mass is 10.5. The van der Waals surface area contributed by atoms with Crippen molar-refractivity contribution in [3.63, 3.8) is 0 Å². The summed E-state index contributed by atoms with van der Waals surface area (Å²) in [5, 5.41) is 16.0. The van der Waals surface area contributed by atoms with Crippen LogP contribution in [0.5, 0.6) is 0 Å². The minimum atomic E-state index is -1.64. The van der Waals surface area contributed by atoms with Gasteiger partial charge >= 0.3 is 11.9 Å². The number of alkyl halides is 4. The third-order valence-electron chi connectivity index (χ3n) is 0.751. The first-order valence-electron chi connectivity index (χ1n) is 3.11. The molecule has 0 aromatic heterocycles. The molecule has 0 fully saturated rings. The molecule has 0 atom stereocenters. The van der Waals surface area contributed by atoms with Gasteiger partial charge in [-0.3, -0.25) is 0 Å². The van der Waals surface area contributed by atoms with E-state index in [4.69, 9.17) is 56.6 Å². The van der Waals surface area contributed by atoms with Crippen LogP contribution in [-0.2, 0) is 9.59 Å². The van der Waals surface area contributed by atoms with Crippen LogP contribution in [0, 0.1) is 0 Å². The van der Waals surface area contributed by atoms with Crippen LogP contribution in [0.25, 0.3) is 0 Å². The van der Waals surface area contributed by atoms with Gasteiger partial charge in [-0.25, -0.2) is 9.59 Å². The Kier molecular flexibility index (Phi) is 11.3. The quantitative estimate of drug-likeness (QED) is 0.605. The molecule has 0 saturated carbocycles. The van der Waals surface area contributed by atoms with E-state index in [0.29, 0.717) is 0 Å². The first kappa shape index (κ1) is 21.2. The van der Waals surface area contributed by atoms with E-state index in [1.807, 2.05) is 0 Å². The Balaban J connectivity index is -0.000000180. The van der Waals surface area contributed by atoms with E-state index in [1.54, 1.807) is 0 Å². The van der Waals surface area contributed by atoms with Crippen LogP contribution in [0.15, 0.2) is 0 Å². The average molecular weight is 310 g/mol. The van der Waals surface area contributed by atoms with Gasteiger partial charge in [-0.1, -0.05) is 46.4 Å². The van der Waals surface area contributed by atoms with E-state index in [2.05, 4.69) is 0 Å². The molecule has 0 rings (SSSR count). The molecule has 86 valence electrons. The SMILES string of the molecule is CC(Cl)(Cl)C(=O)O.CC(Cl)(Cl)C(=O)O.[Mg]. The minimum absolute atomic E-state index is 0. The van der Waals surface area contributed by atoms with Gasteiger partial charge in [-0.05, 0) is 13.8 Å². The summed E-state index contributed by atoms with van der Waals surface area (Å²) in [6.45, 7) is 2.39. The molecule has 0 saturated heterocycles. The first-order valence-corrected chi connectivity index (χ1v) is 4.62. The molecule has 0 aliphatic heterocycles. The summed E-state index contributed by atoms with van der Waals surface area (Å²) in [7, 11) is 0. The fourth-order valence-electron chi connectivity index (χ4n) is 0. The van der Waals surface area contributed by atoms with Crippen LogP contribution >= 0.6 is 46.4 Å². The fourth-order valence-corrected chi connectivity index (χ4v) is 0. The van der Waals surface area contributed by atoms with E-state index in [-0.39, 0.29) is 23.1 Å². The van der Waals surface area contributed by atoms with Crippen molar-refractivity contribution in [1.29, 1.82) is 0 Å². The van der Waals surface area contributed by atoms with Gasteiger partial charge in [0.05, 0.1) is 0 Å². The van der Waals surface area contributed by atoms with E-state index in [0.717, 1.165) is 0 Å². The highest BCUT2D eigenvalue weighted by Crippen LogP contribution is 2.18. The lowest BCUT2D eigenvalue weighted by Crippen LogP contribution is -2.19. The number of carboxylic acids is 2. The molecule has 9 heteroatoms. The molecule has 0 aliphatic carbocycles. The lowest BCUT2D eigenvalue weighted by Gasteiger charge is -2.02. The molecular formula is C6H8Cl4MgO4. The van der Waals surface area contributed by atoms with Crippen LogP contribution in [0.2, 0.25) is 0 Å². The molecule has 2 N–H and O–H groups in total. The highest BCUT2D eigenvalue weighted by molar-refractivity contribution is 6.57. The van der Waals surface area contributed by atoms with Crippen molar-refractivity contribution in [2.45, 2.75) is 22.5 Å². The zero-order valence-electron chi connectivity index (χ0n) is 7.93. The van der Waals surface area contributed by atoms with Gasteiger partial charge in [0.25, 0.3) is 0 Å². The van der Waals surface area contributed by atoms with Crippen molar-refractivity contribution < 1.29 is 19.8 Å². The molecule has 0 amide bonds. The van der Waals surface area contributed by atoms with Crippen LogP contribution in [0.3, 0.4) is 0 Å². The largest absolute Gasteiger partial charge is 0.479 e. The monoisotopic (exact) mass is 308 g/mol. The van der Waals surface area contributed by atoms with Gasteiger partial charge in [0.1, 0.15) is 0 Å². The summed E-state index contributed by atoms with van der Waals surface area (Å²) < 4.78 is -3.28. The topological polar surface area (TPSA) is 74.6 Å². The van der Waals surface area contributed by atoms with E-state index in [1.165, 1.54) is 13.8 Å². The summed E-state index contributed by atoms with van der Waals surface area (Å²) in [6.07, 6.45) is 0. The predicted octanol–water partition coefficient (Wildman–Crippen LogP) is 2.15. The molecule has 0 aromatic rings. The van der Waals surface area contributed by atoms with Crippen LogP contribution in [-0.4, -0.2) is 53.9 Å². The normalized spacial score (nSPS) is 10.5. The van der Waals surface area contributed by atoms with Gasteiger partial charge in [0.15, 0.2) is 0 Å². The second-order valence-corrected chi connectivity index (χ2v) is 5.80. The Morgan fingerprint density at radius 1 is 0.867 bits per heavy atom. The summed E-state index contributed by atoms with van der Waals surface area (Å²) in [6, 6.07) is 0. The Morgan fingerprint density at radius 3 is 0.933 bits per heavy atom. The van der Waals surface area contributed by atoms with Crippen molar-refractivity contribution in [1.82, 2.24) is 0 Å². The van der Waals surface area contributed by atoms with Crippen LogP contribution in [0.1, 0.15) is 13.8 Å². The average Bonchev–Trinajstić information content (AvgIpc) is 1.83. The maximum atomic E-state index is 9.76. The zero-order valence-corrected chi connectivity index (χ0v) is 12.4. The number of carbonyl (C=O) groups is 2. The Labute approximate surface area is 123 Å². The van der Waals surface area contributed by atoms with Gasteiger partial charge in [-0.2, -0.15) is 0 Å². The number of rotatable bonds is 2. The fraction of sp³-hybridized carbons (Fsp3) is 0.667. The molecule has 0 aliphatic rings. The number of carboxylic acid groups (broad SMARTS) is 2. The van der Waals surface area contributed by atoms with E-state index in [9.17, 15) is 9.59 Å². The Bertz CT molecular complexity index is 196. The van der Waals surface area contributed by atoms with Gasteiger partial charge in [0.2, 0.25) is 8.67 Å². The molecule has 0 bridgehead atoms. The summed E-state index contributed by atoms with van der Waals surface area (Å²) in [5.41, 5.74) is 0. The van der Waals surface area contributed by atoms with Crippen molar-refractivity contribution >= 4 is 81.4 Å². The number of hydrogen-bond acceptors (Lipinski definition) is 2. The molecule has 4 nitrogen and oxygen atoms in total. The molecule has 0 aromatic carbocycles. The third-order valence-corrected chi connectivity index (χ3v) is 1.40. The van der Waals surface area contributed by atoms with E-state index >= 15 is 0 Å². The molecule has 2 radical (unpaired) electrons. The van der Waals surface area contributed by atoms with Gasteiger partial charge in [-0.15, -0.1) is 0 Å². The van der Waals surface area contributed by atoms with Crippen molar-refractivity contribution in [3.8, 4) is 0 Å². The number of aliphatic carboxylic acids is 2. The predicted molar refractivity (Wildman–Crippen MR) is 61.2 cm³/mol. The second-order valence-electron chi connectivity index (χ2n) is 2.39. The van der Waals surface area contributed by atoms with Crippen LogP contribution in [0.4, 0.5) is 0 Å². The molecule has 0 spiro atoms. The molecule has 0 unspecified atom stereocenters. The van der Waals surface area contributed by atoms with Crippen molar-refractivity contribution in [3.05, 3.63) is 0 Å². The number of hydrogen-bond donors (Lipinski definition) is 2. The third kappa shape index (κ3) is 14.9. The summed E-state index contributed by atoms with van der Waals surface area (Å²) in [4.78, 5) is 19.5. The second kappa shape index (κ2) is 8.03. The van der Waals surface area contributed by atoms with Crippen LogP contribution < -0.4 is 0 Å². The highest BCUT2D eigenvalue weighted by Gasteiger charge is 2.26. The maximum Gasteiger partial charge on any atom is 0.339 e. The Hall–Kier alpha value is 0.866. The number of halogens is 4. The highest BCUT2D eigenvalue weighted by atomic mass is 35.5. The minimum Gasteiger partial charge on any atom is -0.479 e. The van der Waals surface area contributed by atoms with Gasteiger partial charge in [0, 0.05) is 23.1 Å². The van der Waals surface area contributed by atoms with Gasteiger partial charge < -0.3 is 10.2 Å². The summed E-state index contributed by atoms with van der Waals surface area (Å²) in [5.74, 6) is -2.45. The lowest BCUT2D eigenvalue weighted by molar-refractivity contribution is -0.138. The van der Waals surface area contributed by atoms with Crippen molar-refractivity contribution in [2.75, 3.05) is 0 Å². The molecule has 15 heavy (non-hydrogen) atoms. The molecule has 0 heterocycles. The zero-order chi connectivity index (χ0) is 12.2. The standard InChI is InChI=1S/2C3H4Cl2O2.Mg/c2*1-3(4,5)2(6)7;/h2*1H3,(H,6,7);. The van der Waals surface area contributed by atoms with E-state index < -0.39 is 20.6 Å².